The van der Waals surface area contributed by atoms with Crippen molar-refractivity contribution in [2.45, 2.75) is 26.8 Å². The number of nitrogens with zero attached hydrogens (tertiary/aromatic N) is 2. The van der Waals surface area contributed by atoms with Gasteiger partial charge in [0.15, 0.2) is 0 Å². The lowest BCUT2D eigenvalue weighted by atomic mass is 9.81. The lowest BCUT2D eigenvalue weighted by Gasteiger charge is -2.27. The van der Waals surface area contributed by atoms with Gasteiger partial charge in [-0.15, -0.1) is 0 Å². The van der Waals surface area contributed by atoms with Gasteiger partial charge >= 0.3 is 0 Å². The third kappa shape index (κ3) is 1.53. The summed E-state index contributed by atoms with van der Waals surface area (Å²) in [4.78, 5) is 4.28. The highest BCUT2D eigenvalue weighted by molar-refractivity contribution is 5.30. The lowest BCUT2D eigenvalue weighted by Crippen LogP contribution is -2.21. The molecule has 0 aromatic carbocycles. The maximum absolute atomic E-state index is 5.66. The van der Waals surface area contributed by atoms with Gasteiger partial charge in [-0.1, -0.05) is 32.1 Å². The third-order valence-electron chi connectivity index (χ3n) is 4.03. The summed E-state index contributed by atoms with van der Waals surface area (Å²) in [5.41, 5.74) is 2.64. The minimum absolute atomic E-state index is 0.329. The molecular formula is C14H18N2O. The number of rotatable bonds is 1. The minimum Gasteiger partial charge on any atom is -0.462 e. The summed E-state index contributed by atoms with van der Waals surface area (Å²) in [6, 6.07) is 1.10. The van der Waals surface area contributed by atoms with Crippen molar-refractivity contribution in [1.82, 2.24) is 9.55 Å². The second-order valence-corrected chi connectivity index (χ2v) is 5.08. The molecule has 0 amide bonds. The van der Waals surface area contributed by atoms with E-state index in [0.29, 0.717) is 17.9 Å². The monoisotopic (exact) mass is 230 g/mol. The Morgan fingerprint density at radius 1 is 1.41 bits per heavy atom. The first-order valence-electron chi connectivity index (χ1n) is 6.23. The van der Waals surface area contributed by atoms with Crippen LogP contribution in [0.15, 0.2) is 30.0 Å². The predicted octanol–water partition coefficient (Wildman–Crippen LogP) is 2.89. The molecule has 3 heteroatoms. The number of aromatic nitrogens is 2. The van der Waals surface area contributed by atoms with E-state index in [9.17, 15) is 0 Å². The first kappa shape index (κ1) is 10.6. The fourth-order valence-electron chi connectivity index (χ4n) is 2.76. The molecule has 1 aliphatic carbocycles. The molecule has 3 nitrogen and oxygen atoms in total. The molecular weight excluding hydrogens is 212 g/mol. The van der Waals surface area contributed by atoms with Crippen molar-refractivity contribution in [2.24, 2.45) is 11.8 Å². The van der Waals surface area contributed by atoms with E-state index < -0.39 is 0 Å². The van der Waals surface area contributed by atoms with Gasteiger partial charge in [0.2, 0.25) is 0 Å². The molecule has 1 aliphatic heterocycles. The van der Waals surface area contributed by atoms with Gasteiger partial charge < -0.3 is 4.74 Å². The molecule has 3 unspecified atom stereocenters. The molecule has 1 aromatic rings. The van der Waals surface area contributed by atoms with E-state index in [1.807, 2.05) is 6.20 Å². The fourth-order valence-corrected chi connectivity index (χ4v) is 2.76. The Labute approximate surface area is 102 Å². The van der Waals surface area contributed by atoms with Crippen molar-refractivity contribution >= 4 is 0 Å². The molecule has 2 heterocycles. The van der Waals surface area contributed by atoms with Gasteiger partial charge in [0.25, 0.3) is 6.01 Å². The topological polar surface area (TPSA) is 27.1 Å². The molecule has 0 bridgehead atoms. The lowest BCUT2D eigenvalue weighted by molar-refractivity contribution is 0.319. The average Bonchev–Trinajstić information content (AvgIpc) is 2.87. The van der Waals surface area contributed by atoms with Crippen LogP contribution in [0.25, 0.3) is 0 Å². The van der Waals surface area contributed by atoms with Gasteiger partial charge in [-0.2, -0.15) is 0 Å². The van der Waals surface area contributed by atoms with Crippen LogP contribution in [-0.2, 0) is 0 Å². The van der Waals surface area contributed by atoms with Crippen LogP contribution in [-0.4, -0.2) is 16.2 Å². The van der Waals surface area contributed by atoms with Gasteiger partial charge in [-0.05, 0) is 24.3 Å². The van der Waals surface area contributed by atoms with Crippen molar-refractivity contribution < 1.29 is 4.74 Å². The van der Waals surface area contributed by atoms with E-state index in [4.69, 9.17) is 4.74 Å². The molecule has 0 fully saturated rings. The highest BCUT2D eigenvalue weighted by atomic mass is 16.5. The number of ether oxygens (including phenoxy) is 1. The van der Waals surface area contributed by atoms with Crippen molar-refractivity contribution in [3.63, 3.8) is 0 Å². The molecule has 3 rings (SSSR count). The predicted molar refractivity (Wildman–Crippen MR) is 67.0 cm³/mol. The normalized spacial score (nSPS) is 31.0. The first-order valence-corrected chi connectivity index (χ1v) is 6.23. The minimum atomic E-state index is 0.329. The molecule has 0 saturated heterocycles. The van der Waals surface area contributed by atoms with E-state index in [0.717, 1.165) is 12.6 Å². The van der Waals surface area contributed by atoms with Crippen molar-refractivity contribution in [2.75, 3.05) is 6.61 Å². The Bertz CT molecular complexity index is 498. The zero-order valence-electron chi connectivity index (χ0n) is 10.6. The van der Waals surface area contributed by atoms with Crippen molar-refractivity contribution in [3.05, 3.63) is 35.7 Å². The van der Waals surface area contributed by atoms with Gasteiger partial charge in [-0.3, -0.25) is 4.57 Å². The summed E-state index contributed by atoms with van der Waals surface area (Å²) >= 11 is 0. The van der Waals surface area contributed by atoms with Crippen LogP contribution in [0.5, 0.6) is 6.01 Å². The molecule has 1 aromatic heterocycles. The molecule has 90 valence electrons. The van der Waals surface area contributed by atoms with E-state index in [1.165, 1.54) is 11.3 Å². The van der Waals surface area contributed by atoms with Gasteiger partial charge in [0, 0.05) is 5.69 Å². The molecule has 0 radical (unpaired) electrons. The van der Waals surface area contributed by atoms with Crippen LogP contribution in [0.4, 0.5) is 0 Å². The highest BCUT2D eigenvalue weighted by Gasteiger charge is 2.32. The van der Waals surface area contributed by atoms with Crippen molar-refractivity contribution in [3.8, 4) is 6.01 Å². The Hall–Kier alpha value is -1.51. The summed E-state index contributed by atoms with van der Waals surface area (Å²) in [5.74, 6) is 1.17. The Balaban J connectivity index is 1.99. The second-order valence-electron chi connectivity index (χ2n) is 5.08. The highest BCUT2D eigenvalue weighted by Crippen LogP contribution is 2.39. The van der Waals surface area contributed by atoms with Gasteiger partial charge in [-0.25, -0.2) is 4.98 Å². The summed E-state index contributed by atoms with van der Waals surface area (Å²) < 4.78 is 7.87. The largest absolute Gasteiger partial charge is 0.462 e. The van der Waals surface area contributed by atoms with E-state index in [2.05, 4.69) is 48.6 Å². The van der Waals surface area contributed by atoms with E-state index >= 15 is 0 Å². The first-order chi connectivity index (χ1) is 8.18. The Morgan fingerprint density at radius 3 is 3.06 bits per heavy atom. The van der Waals surface area contributed by atoms with Crippen LogP contribution in [0, 0.1) is 18.8 Å². The molecule has 0 spiro atoms. The zero-order valence-corrected chi connectivity index (χ0v) is 10.6. The summed E-state index contributed by atoms with van der Waals surface area (Å²) in [5, 5.41) is 0. The number of hydrogen-bond donors (Lipinski definition) is 0. The van der Waals surface area contributed by atoms with Crippen LogP contribution >= 0.6 is 0 Å². The standard InChI is InChI=1S/C14H18N2O/c1-9-5-4-6-12(11(9)3)13-8-17-14-15-7-10(2)16(13)14/h4-7,9,11,13H,8H2,1-3H3. The molecule has 3 atom stereocenters. The number of aryl methyl sites for hydroxylation is 1. The average molecular weight is 230 g/mol. The second kappa shape index (κ2) is 3.76. The van der Waals surface area contributed by atoms with E-state index in [1.54, 1.807) is 0 Å². The Morgan fingerprint density at radius 2 is 2.24 bits per heavy atom. The molecule has 17 heavy (non-hydrogen) atoms. The molecule has 0 N–H and O–H groups in total. The SMILES string of the molecule is Cc1cnc2n1C(C1=CC=CC(C)C1C)CO2. The number of hydrogen-bond acceptors (Lipinski definition) is 2. The van der Waals surface area contributed by atoms with Crippen LogP contribution in [0.2, 0.25) is 0 Å². The van der Waals surface area contributed by atoms with Gasteiger partial charge in [0.05, 0.1) is 12.2 Å². The summed E-state index contributed by atoms with van der Waals surface area (Å²) in [6.45, 7) is 7.38. The zero-order chi connectivity index (χ0) is 12.0. The number of imidazole rings is 1. The van der Waals surface area contributed by atoms with Crippen molar-refractivity contribution in [1.29, 1.82) is 0 Å². The number of fused-ring (bicyclic) bond motifs is 1. The quantitative estimate of drug-likeness (QED) is 0.741. The fraction of sp³-hybridized carbons (Fsp3) is 0.500. The van der Waals surface area contributed by atoms with Crippen LogP contribution in [0.1, 0.15) is 25.6 Å². The van der Waals surface area contributed by atoms with Crippen LogP contribution < -0.4 is 4.74 Å². The van der Waals surface area contributed by atoms with Crippen LogP contribution in [0.3, 0.4) is 0 Å². The summed E-state index contributed by atoms with van der Waals surface area (Å²) in [7, 11) is 0. The Kier molecular flexibility index (Phi) is 2.35. The smallest absolute Gasteiger partial charge is 0.297 e. The third-order valence-corrected chi connectivity index (χ3v) is 4.03. The maximum atomic E-state index is 5.66. The number of allylic oxidation sites excluding steroid dienone is 3. The van der Waals surface area contributed by atoms with Gasteiger partial charge in [0.1, 0.15) is 6.61 Å². The molecule has 0 saturated carbocycles. The maximum Gasteiger partial charge on any atom is 0.297 e. The molecule has 2 aliphatic rings. The summed E-state index contributed by atoms with van der Waals surface area (Å²) in [6.07, 6.45) is 8.57. The van der Waals surface area contributed by atoms with E-state index in [-0.39, 0.29) is 0 Å².